The maximum Gasteiger partial charge on any atom is 0.427 e. The number of alkyl halides is 3. The lowest BCUT2D eigenvalue weighted by atomic mass is 10.1. The van der Waals surface area contributed by atoms with E-state index in [1.807, 2.05) is 0 Å². The van der Waals surface area contributed by atoms with Gasteiger partial charge in [0.2, 0.25) is 0 Å². The van der Waals surface area contributed by atoms with E-state index in [0.29, 0.717) is 23.6 Å². The third-order valence-corrected chi connectivity index (χ3v) is 4.19. The number of rotatable bonds is 2. The fourth-order valence-electron chi connectivity index (χ4n) is 2.15. The summed E-state index contributed by atoms with van der Waals surface area (Å²) in [7, 11) is 0. The molecule has 110 valence electrons. The fraction of sp³-hybridized carbons (Fsp3) is 0.727. The van der Waals surface area contributed by atoms with E-state index >= 15 is 0 Å². The predicted octanol–water partition coefficient (Wildman–Crippen LogP) is 2.77. The first-order chi connectivity index (χ1) is 8.38. The molecule has 0 unspecified atom stereocenters. The van der Waals surface area contributed by atoms with E-state index in [1.165, 1.54) is 0 Å². The third kappa shape index (κ3) is 4.05. The zero-order valence-corrected chi connectivity index (χ0v) is 12.3. The molecule has 0 aromatic carbocycles. The van der Waals surface area contributed by atoms with Gasteiger partial charge in [0, 0.05) is 25.2 Å². The number of hydrogen-bond donors (Lipinski definition) is 1. The SMILES string of the molecule is C[C@@H]1CNC[C@H](C)N1Cc1ncc(C(F)(F)F)s1.Cl. The zero-order chi connectivity index (χ0) is 13.3. The highest BCUT2D eigenvalue weighted by molar-refractivity contribution is 7.11. The molecule has 1 N–H and O–H groups in total. The highest BCUT2D eigenvalue weighted by atomic mass is 35.5. The predicted molar refractivity (Wildman–Crippen MR) is 71.7 cm³/mol. The normalized spacial score (nSPS) is 25.1. The Kier molecular flexibility index (Phi) is 5.61. The second kappa shape index (κ2) is 6.39. The Morgan fingerprint density at radius 3 is 2.42 bits per heavy atom. The molecule has 2 atom stereocenters. The van der Waals surface area contributed by atoms with Gasteiger partial charge in [0.15, 0.2) is 0 Å². The fourth-order valence-corrected chi connectivity index (χ4v) is 2.95. The maximum atomic E-state index is 12.5. The molecule has 2 heterocycles. The van der Waals surface area contributed by atoms with Crippen molar-refractivity contribution in [2.75, 3.05) is 13.1 Å². The van der Waals surface area contributed by atoms with E-state index < -0.39 is 11.1 Å². The van der Waals surface area contributed by atoms with Gasteiger partial charge in [0.1, 0.15) is 9.88 Å². The molecule has 0 aliphatic carbocycles. The monoisotopic (exact) mass is 315 g/mol. The minimum Gasteiger partial charge on any atom is -0.314 e. The molecule has 0 radical (unpaired) electrons. The average molecular weight is 316 g/mol. The van der Waals surface area contributed by atoms with Crippen molar-refractivity contribution >= 4 is 23.7 Å². The minimum atomic E-state index is -4.28. The first-order valence-corrected chi connectivity index (χ1v) is 6.68. The minimum absolute atomic E-state index is 0. The van der Waals surface area contributed by atoms with Gasteiger partial charge in [-0.15, -0.1) is 23.7 Å². The van der Waals surface area contributed by atoms with Gasteiger partial charge in [-0.25, -0.2) is 4.98 Å². The second-order valence-corrected chi connectivity index (χ2v) is 5.76. The summed E-state index contributed by atoms with van der Waals surface area (Å²) in [5, 5.41) is 3.82. The van der Waals surface area contributed by atoms with Crippen molar-refractivity contribution in [1.29, 1.82) is 0 Å². The largest absolute Gasteiger partial charge is 0.427 e. The molecular weight excluding hydrogens is 299 g/mol. The van der Waals surface area contributed by atoms with Gasteiger partial charge < -0.3 is 5.32 Å². The molecule has 1 aliphatic heterocycles. The van der Waals surface area contributed by atoms with Crippen molar-refractivity contribution in [3.63, 3.8) is 0 Å². The molecule has 0 saturated carbocycles. The van der Waals surface area contributed by atoms with Crippen LogP contribution in [0.25, 0.3) is 0 Å². The van der Waals surface area contributed by atoms with E-state index in [0.717, 1.165) is 30.6 Å². The molecule has 1 fully saturated rings. The smallest absolute Gasteiger partial charge is 0.314 e. The Hall–Kier alpha value is -0.370. The van der Waals surface area contributed by atoms with Crippen molar-refractivity contribution in [2.24, 2.45) is 0 Å². The van der Waals surface area contributed by atoms with E-state index in [1.54, 1.807) is 0 Å². The van der Waals surface area contributed by atoms with Gasteiger partial charge in [-0.2, -0.15) is 13.2 Å². The Morgan fingerprint density at radius 1 is 1.37 bits per heavy atom. The van der Waals surface area contributed by atoms with Crippen LogP contribution in [-0.2, 0) is 12.7 Å². The van der Waals surface area contributed by atoms with Gasteiger partial charge in [0.25, 0.3) is 0 Å². The number of piperazine rings is 1. The Morgan fingerprint density at radius 2 is 1.95 bits per heavy atom. The van der Waals surface area contributed by atoms with Gasteiger partial charge in [-0.3, -0.25) is 4.90 Å². The number of halogens is 4. The van der Waals surface area contributed by atoms with Crippen LogP contribution in [0.15, 0.2) is 6.20 Å². The Labute approximate surface area is 120 Å². The topological polar surface area (TPSA) is 28.2 Å². The van der Waals surface area contributed by atoms with Crippen LogP contribution in [0.3, 0.4) is 0 Å². The Bertz CT molecular complexity index is 400. The molecule has 1 aliphatic rings. The van der Waals surface area contributed by atoms with Gasteiger partial charge in [-0.1, -0.05) is 0 Å². The lowest BCUT2D eigenvalue weighted by Crippen LogP contribution is -2.54. The second-order valence-electron chi connectivity index (χ2n) is 4.64. The summed E-state index contributed by atoms with van der Waals surface area (Å²) in [5.41, 5.74) is 0. The van der Waals surface area contributed by atoms with Crippen LogP contribution >= 0.6 is 23.7 Å². The van der Waals surface area contributed by atoms with Crippen molar-refractivity contribution in [3.05, 3.63) is 16.1 Å². The van der Waals surface area contributed by atoms with E-state index in [-0.39, 0.29) is 12.4 Å². The summed E-state index contributed by atoms with van der Waals surface area (Å²) in [6, 6.07) is 0.624. The molecule has 2 rings (SSSR count). The summed E-state index contributed by atoms with van der Waals surface area (Å²) in [4.78, 5) is 5.45. The van der Waals surface area contributed by atoms with E-state index in [4.69, 9.17) is 0 Å². The standard InChI is InChI=1S/C11H16F3N3S.ClH/c1-7-3-15-4-8(2)17(7)6-10-16-5-9(18-10)11(12,13)14;/h5,7-8,15H,3-4,6H2,1-2H3;1H/t7-,8+;. The van der Waals surface area contributed by atoms with Crippen molar-refractivity contribution in [1.82, 2.24) is 15.2 Å². The van der Waals surface area contributed by atoms with Gasteiger partial charge >= 0.3 is 6.18 Å². The molecule has 1 saturated heterocycles. The quantitative estimate of drug-likeness (QED) is 0.909. The van der Waals surface area contributed by atoms with Crippen molar-refractivity contribution < 1.29 is 13.2 Å². The van der Waals surface area contributed by atoms with Crippen LogP contribution in [0.2, 0.25) is 0 Å². The van der Waals surface area contributed by atoms with Crippen LogP contribution in [-0.4, -0.2) is 35.1 Å². The van der Waals surface area contributed by atoms with Gasteiger partial charge in [0.05, 0.1) is 12.7 Å². The molecule has 0 amide bonds. The van der Waals surface area contributed by atoms with Crippen molar-refractivity contribution in [3.8, 4) is 0 Å². The van der Waals surface area contributed by atoms with Crippen LogP contribution in [0.5, 0.6) is 0 Å². The molecule has 8 heteroatoms. The van der Waals surface area contributed by atoms with Crippen LogP contribution in [0.1, 0.15) is 23.7 Å². The Balaban J connectivity index is 0.00000180. The summed E-state index contributed by atoms with van der Waals surface area (Å²) in [5.74, 6) is 0. The lowest BCUT2D eigenvalue weighted by Gasteiger charge is -2.38. The summed E-state index contributed by atoms with van der Waals surface area (Å²) >= 11 is 0.739. The molecule has 3 nitrogen and oxygen atoms in total. The van der Waals surface area contributed by atoms with E-state index in [9.17, 15) is 13.2 Å². The summed E-state index contributed by atoms with van der Waals surface area (Å²) < 4.78 is 37.4. The third-order valence-electron chi connectivity index (χ3n) is 3.16. The number of hydrogen-bond acceptors (Lipinski definition) is 4. The number of nitrogens with one attached hydrogen (secondary N) is 1. The maximum absolute atomic E-state index is 12.5. The number of aromatic nitrogens is 1. The van der Waals surface area contributed by atoms with Gasteiger partial charge in [-0.05, 0) is 13.8 Å². The molecule has 0 spiro atoms. The summed E-state index contributed by atoms with van der Waals surface area (Å²) in [6.45, 7) is 6.36. The van der Waals surface area contributed by atoms with E-state index in [2.05, 4.69) is 29.0 Å². The molecule has 1 aromatic rings. The molecule has 19 heavy (non-hydrogen) atoms. The van der Waals surface area contributed by atoms with Crippen LogP contribution < -0.4 is 5.32 Å². The lowest BCUT2D eigenvalue weighted by molar-refractivity contribution is -0.134. The number of nitrogens with zero attached hydrogens (tertiary/aromatic N) is 2. The first-order valence-electron chi connectivity index (χ1n) is 5.86. The molecular formula is C11H17ClF3N3S. The van der Waals surface area contributed by atoms with Crippen LogP contribution in [0.4, 0.5) is 13.2 Å². The summed E-state index contributed by atoms with van der Waals surface area (Å²) in [6.07, 6.45) is -3.35. The van der Waals surface area contributed by atoms with Crippen molar-refractivity contribution in [2.45, 2.75) is 38.7 Å². The molecule has 1 aromatic heterocycles. The highest BCUT2D eigenvalue weighted by Crippen LogP contribution is 2.33. The number of thiazole rings is 1. The average Bonchev–Trinajstić information content (AvgIpc) is 2.72. The highest BCUT2D eigenvalue weighted by Gasteiger charge is 2.34. The first kappa shape index (κ1) is 16.7. The molecule has 0 bridgehead atoms. The zero-order valence-electron chi connectivity index (χ0n) is 10.7. The van der Waals surface area contributed by atoms with Crippen LogP contribution in [0, 0.1) is 0 Å².